The van der Waals surface area contributed by atoms with Crippen molar-refractivity contribution in [3.05, 3.63) is 16.1 Å². The quantitative estimate of drug-likeness (QED) is 0.794. The number of aromatic nitrogens is 1. The maximum absolute atomic E-state index is 10.7. The van der Waals surface area contributed by atoms with Gasteiger partial charge in [-0.2, -0.15) is 0 Å². The zero-order chi connectivity index (χ0) is 12.0. The highest BCUT2D eigenvalue weighted by atomic mass is 32.1. The van der Waals surface area contributed by atoms with E-state index in [2.05, 4.69) is 11.9 Å². The van der Waals surface area contributed by atoms with Crippen molar-refractivity contribution in [2.45, 2.75) is 33.2 Å². The van der Waals surface area contributed by atoms with Crippen molar-refractivity contribution >= 4 is 17.3 Å². The van der Waals surface area contributed by atoms with Crippen molar-refractivity contribution in [1.29, 1.82) is 0 Å². The molecule has 0 fully saturated rings. The van der Waals surface area contributed by atoms with Crippen molar-refractivity contribution in [2.24, 2.45) is 0 Å². The van der Waals surface area contributed by atoms with Crippen LogP contribution in [0.4, 0.5) is 0 Å². The Morgan fingerprint density at radius 2 is 2.31 bits per heavy atom. The first-order valence-corrected chi connectivity index (χ1v) is 6.41. The fourth-order valence-electron chi connectivity index (χ4n) is 1.53. The topological polar surface area (TPSA) is 53.4 Å². The number of hydrogen-bond acceptors (Lipinski definition) is 4. The van der Waals surface area contributed by atoms with Crippen LogP contribution in [0.25, 0.3) is 0 Å². The number of carbonyl (C=O) groups is 1. The third kappa shape index (κ3) is 4.28. The lowest BCUT2D eigenvalue weighted by Crippen LogP contribution is -2.30. The Hall–Kier alpha value is -0.940. The van der Waals surface area contributed by atoms with E-state index in [-0.39, 0.29) is 6.54 Å². The van der Waals surface area contributed by atoms with Crippen LogP contribution in [0.15, 0.2) is 5.38 Å². The largest absolute Gasteiger partial charge is 0.480 e. The molecule has 0 saturated heterocycles. The van der Waals surface area contributed by atoms with Gasteiger partial charge in [0.25, 0.3) is 0 Å². The summed E-state index contributed by atoms with van der Waals surface area (Å²) in [6.45, 7) is 5.64. The van der Waals surface area contributed by atoms with Gasteiger partial charge in [-0.1, -0.05) is 13.8 Å². The second-order valence-corrected chi connectivity index (χ2v) is 4.63. The van der Waals surface area contributed by atoms with Crippen LogP contribution in [0.3, 0.4) is 0 Å². The summed E-state index contributed by atoms with van der Waals surface area (Å²) in [5, 5.41) is 11.9. The average molecular weight is 242 g/mol. The van der Waals surface area contributed by atoms with E-state index < -0.39 is 5.97 Å². The highest BCUT2D eigenvalue weighted by Crippen LogP contribution is 2.12. The Bertz CT molecular complexity index is 338. The van der Waals surface area contributed by atoms with Crippen molar-refractivity contribution in [2.75, 3.05) is 13.1 Å². The van der Waals surface area contributed by atoms with E-state index in [0.29, 0.717) is 6.54 Å². The number of aliphatic carboxylic acids is 1. The molecular formula is C11H18N2O2S. The first-order chi connectivity index (χ1) is 7.65. The van der Waals surface area contributed by atoms with E-state index in [1.807, 2.05) is 17.2 Å². The molecule has 0 aliphatic heterocycles. The molecule has 1 N–H and O–H groups in total. The lowest BCUT2D eigenvalue weighted by molar-refractivity contribution is -0.138. The van der Waals surface area contributed by atoms with E-state index in [9.17, 15) is 4.79 Å². The summed E-state index contributed by atoms with van der Waals surface area (Å²) < 4.78 is 0. The summed E-state index contributed by atoms with van der Waals surface area (Å²) >= 11 is 1.64. The normalized spacial score (nSPS) is 10.9. The number of hydrogen-bond donors (Lipinski definition) is 1. The first-order valence-electron chi connectivity index (χ1n) is 5.53. The Morgan fingerprint density at radius 1 is 1.56 bits per heavy atom. The van der Waals surface area contributed by atoms with Gasteiger partial charge in [-0.3, -0.25) is 9.69 Å². The SMILES string of the molecule is CCCN(CC(=O)O)Cc1csc(CC)n1. The Morgan fingerprint density at radius 3 is 2.81 bits per heavy atom. The predicted octanol–water partition coefficient (Wildman–Crippen LogP) is 2.00. The van der Waals surface area contributed by atoms with E-state index in [1.54, 1.807) is 11.3 Å². The molecule has 0 unspecified atom stereocenters. The highest BCUT2D eigenvalue weighted by molar-refractivity contribution is 7.09. The van der Waals surface area contributed by atoms with Crippen LogP contribution in [0.2, 0.25) is 0 Å². The molecule has 5 heteroatoms. The molecule has 1 heterocycles. The number of carboxylic acid groups (broad SMARTS) is 1. The van der Waals surface area contributed by atoms with Gasteiger partial charge in [0.1, 0.15) is 0 Å². The summed E-state index contributed by atoms with van der Waals surface area (Å²) in [5.74, 6) is -0.778. The first kappa shape index (κ1) is 13.1. The van der Waals surface area contributed by atoms with E-state index >= 15 is 0 Å². The average Bonchev–Trinajstić information content (AvgIpc) is 2.65. The third-order valence-electron chi connectivity index (χ3n) is 2.19. The Kier molecular flexibility index (Phi) is 5.42. The highest BCUT2D eigenvalue weighted by Gasteiger charge is 2.11. The van der Waals surface area contributed by atoms with Crippen molar-refractivity contribution < 1.29 is 9.90 Å². The van der Waals surface area contributed by atoms with Gasteiger partial charge >= 0.3 is 5.97 Å². The summed E-state index contributed by atoms with van der Waals surface area (Å²) in [5.41, 5.74) is 0.983. The minimum Gasteiger partial charge on any atom is -0.480 e. The Labute approximate surface area is 99.9 Å². The van der Waals surface area contributed by atoms with Gasteiger partial charge in [-0.05, 0) is 19.4 Å². The van der Waals surface area contributed by atoms with Gasteiger partial charge in [-0.15, -0.1) is 11.3 Å². The van der Waals surface area contributed by atoms with Gasteiger partial charge in [0.05, 0.1) is 17.2 Å². The maximum Gasteiger partial charge on any atom is 0.317 e. The minimum atomic E-state index is -0.778. The fourth-order valence-corrected chi connectivity index (χ4v) is 2.27. The van der Waals surface area contributed by atoms with Crippen LogP contribution < -0.4 is 0 Å². The van der Waals surface area contributed by atoms with Gasteiger partial charge in [0.2, 0.25) is 0 Å². The molecule has 1 rings (SSSR count). The van der Waals surface area contributed by atoms with Gasteiger partial charge in [-0.25, -0.2) is 4.98 Å². The van der Waals surface area contributed by atoms with E-state index in [1.165, 1.54) is 0 Å². The zero-order valence-corrected chi connectivity index (χ0v) is 10.6. The number of thiazole rings is 1. The lowest BCUT2D eigenvalue weighted by atomic mass is 10.3. The van der Waals surface area contributed by atoms with Crippen LogP contribution in [-0.4, -0.2) is 34.0 Å². The molecule has 90 valence electrons. The molecule has 0 aliphatic rings. The summed E-state index contributed by atoms with van der Waals surface area (Å²) in [4.78, 5) is 17.0. The molecule has 0 bridgehead atoms. The summed E-state index contributed by atoms with van der Waals surface area (Å²) in [6, 6.07) is 0. The predicted molar refractivity (Wildman–Crippen MR) is 64.7 cm³/mol. The van der Waals surface area contributed by atoms with Gasteiger partial charge in [0, 0.05) is 11.9 Å². The number of nitrogens with zero attached hydrogens (tertiary/aromatic N) is 2. The number of rotatable bonds is 7. The molecule has 0 atom stereocenters. The standard InChI is InChI=1S/C11H18N2O2S/c1-3-5-13(7-11(14)15)6-9-8-16-10(4-2)12-9/h8H,3-7H2,1-2H3,(H,14,15). The van der Waals surface area contributed by atoms with E-state index in [0.717, 1.165) is 30.1 Å². The molecule has 0 amide bonds. The summed E-state index contributed by atoms with van der Waals surface area (Å²) in [7, 11) is 0. The van der Waals surface area contributed by atoms with Crippen LogP contribution in [-0.2, 0) is 17.8 Å². The second kappa shape index (κ2) is 6.60. The van der Waals surface area contributed by atoms with Crippen LogP contribution >= 0.6 is 11.3 Å². The fraction of sp³-hybridized carbons (Fsp3) is 0.636. The third-order valence-corrected chi connectivity index (χ3v) is 3.23. The van der Waals surface area contributed by atoms with Crippen molar-refractivity contribution in [3.63, 3.8) is 0 Å². The molecule has 1 aromatic rings. The van der Waals surface area contributed by atoms with Crippen molar-refractivity contribution in [1.82, 2.24) is 9.88 Å². The number of carboxylic acids is 1. The van der Waals surface area contributed by atoms with Crippen LogP contribution in [0.5, 0.6) is 0 Å². The molecule has 1 aromatic heterocycles. The van der Waals surface area contributed by atoms with Crippen molar-refractivity contribution in [3.8, 4) is 0 Å². The molecule has 16 heavy (non-hydrogen) atoms. The second-order valence-electron chi connectivity index (χ2n) is 3.69. The maximum atomic E-state index is 10.7. The van der Waals surface area contributed by atoms with E-state index in [4.69, 9.17) is 5.11 Å². The molecule has 4 nitrogen and oxygen atoms in total. The smallest absolute Gasteiger partial charge is 0.317 e. The van der Waals surface area contributed by atoms with Crippen LogP contribution in [0, 0.1) is 0 Å². The summed E-state index contributed by atoms with van der Waals surface area (Å²) in [6.07, 6.45) is 1.90. The lowest BCUT2D eigenvalue weighted by Gasteiger charge is -2.17. The molecule has 0 saturated carbocycles. The molecule has 0 aromatic carbocycles. The van der Waals surface area contributed by atoms with Crippen LogP contribution in [0.1, 0.15) is 31.0 Å². The van der Waals surface area contributed by atoms with Gasteiger partial charge in [0.15, 0.2) is 0 Å². The molecule has 0 radical (unpaired) electrons. The Balaban J connectivity index is 2.56. The van der Waals surface area contributed by atoms with Gasteiger partial charge < -0.3 is 5.11 Å². The minimum absolute atomic E-state index is 0.0901. The monoisotopic (exact) mass is 242 g/mol. The number of aryl methyl sites for hydroxylation is 1. The zero-order valence-electron chi connectivity index (χ0n) is 9.77. The molecule has 0 aliphatic carbocycles. The molecule has 0 spiro atoms. The molecular weight excluding hydrogens is 224 g/mol.